The van der Waals surface area contributed by atoms with Gasteiger partial charge in [0.25, 0.3) is 0 Å². The number of aromatic nitrogens is 2. The van der Waals surface area contributed by atoms with Crippen molar-refractivity contribution in [3.05, 3.63) is 30.9 Å². The Labute approximate surface area is 53.9 Å². The number of hydrogen-bond acceptors (Lipinski definition) is 1. The fourth-order valence-electron chi connectivity index (χ4n) is 0.641. The number of H-pyrrole nitrogens is 1. The van der Waals surface area contributed by atoms with Gasteiger partial charge in [0.1, 0.15) is 0 Å². The standard InChI is InChI=1S/C7H8N2/c1-3-6-7(4-2)9-5-8-6/h3-5H,1-2H2,(H,8,9). The van der Waals surface area contributed by atoms with Gasteiger partial charge in [0.15, 0.2) is 0 Å². The maximum Gasteiger partial charge on any atom is 0.0931 e. The van der Waals surface area contributed by atoms with Gasteiger partial charge in [-0.2, -0.15) is 0 Å². The molecule has 0 aliphatic rings. The first kappa shape index (κ1) is 5.82. The Bertz CT molecular complexity index is 200. The van der Waals surface area contributed by atoms with E-state index in [1.54, 1.807) is 18.5 Å². The SMILES string of the molecule is C=Cc1nc[nH]c1C=C. The maximum atomic E-state index is 3.96. The summed E-state index contributed by atoms with van der Waals surface area (Å²) in [4.78, 5) is 6.87. The summed E-state index contributed by atoms with van der Waals surface area (Å²) in [5, 5.41) is 0. The molecule has 0 unspecified atom stereocenters. The van der Waals surface area contributed by atoms with Crippen molar-refractivity contribution in [1.82, 2.24) is 9.97 Å². The van der Waals surface area contributed by atoms with Crippen molar-refractivity contribution in [2.75, 3.05) is 0 Å². The monoisotopic (exact) mass is 120 g/mol. The lowest BCUT2D eigenvalue weighted by molar-refractivity contribution is 1.30. The van der Waals surface area contributed by atoms with Crippen LogP contribution in [0, 0.1) is 0 Å². The van der Waals surface area contributed by atoms with Crippen LogP contribution in [0.2, 0.25) is 0 Å². The van der Waals surface area contributed by atoms with Crippen molar-refractivity contribution in [2.45, 2.75) is 0 Å². The van der Waals surface area contributed by atoms with E-state index in [4.69, 9.17) is 0 Å². The Balaban J connectivity index is 3.12. The van der Waals surface area contributed by atoms with Crippen LogP contribution in [0.1, 0.15) is 11.4 Å². The van der Waals surface area contributed by atoms with Gasteiger partial charge in [-0.1, -0.05) is 13.2 Å². The first-order valence-electron chi connectivity index (χ1n) is 2.66. The van der Waals surface area contributed by atoms with Gasteiger partial charge in [-0.25, -0.2) is 4.98 Å². The molecule has 1 aromatic heterocycles. The Morgan fingerprint density at radius 1 is 1.44 bits per heavy atom. The molecule has 0 aromatic carbocycles. The average Bonchev–Trinajstić information content (AvgIpc) is 2.33. The van der Waals surface area contributed by atoms with E-state index in [0.717, 1.165) is 11.4 Å². The maximum absolute atomic E-state index is 3.96. The quantitative estimate of drug-likeness (QED) is 0.632. The van der Waals surface area contributed by atoms with Gasteiger partial charge in [-0.15, -0.1) is 0 Å². The summed E-state index contributed by atoms with van der Waals surface area (Å²) in [7, 11) is 0. The highest BCUT2D eigenvalue weighted by molar-refractivity contribution is 5.56. The molecule has 0 saturated carbocycles. The summed E-state index contributed by atoms with van der Waals surface area (Å²) in [5.74, 6) is 0. The second-order valence-electron chi connectivity index (χ2n) is 1.61. The summed E-state index contributed by atoms with van der Waals surface area (Å²) in [6.07, 6.45) is 5.02. The zero-order valence-electron chi connectivity index (χ0n) is 5.09. The Morgan fingerprint density at radius 2 is 2.22 bits per heavy atom. The Morgan fingerprint density at radius 3 is 2.67 bits per heavy atom. The third-order valence-corrected chi connectivity index (χ3v) is 1.10. The van der Waals surface area contributed by atoms with E-state index < -0.39 is 0 Å². The molecule has 1 aromatic rings. The topological polar surface area (TPSA) is 28.7 Å². The van der Waals surface area contributed by atoms with Gasteiger partial charge in [-0.05, 0) is 12.2 Å². The lowest BCUT2D eigenvalue weighted by Crippen LogP contribution is -1.73. The summed E-state index contributed by atoms with van der Waals surface area (Å²) >= 11 is 0. The molecule has 0 saturated heterocycles. The minimum Gasteiger partial charge on any atom is -0.345 e. The third kappa shape index (κ3) is 0.914. The van der Waals surface area contributed by atoms with E-state index in [1.807, 2.05) is 0 Å². The second-order valence-corrected chi connectivity index (χ2v) is 1.61. The number of aromatic amines is 1. The minimum atomic E-state index is 0.852. The van der Waals surface area contributed by atoms with Crippen LogP contribution in [0.5, 0.6) is 0 Å². The molecule has 0 aliphatic carbocycles. The normalized spacial score (nSPS) is 8.89. The van der Waals surface area contributed by atoms with Gasteiger partial charge in [-0.3, -0.25) is 0 Å². The molecule has 0 radical (unpaired) electrons. The van der Waals surface area contributed by atoms with E-state index in [2.05, 4.69) is 23.1 Å². The van der Waals surface area contributed by atoms with Crippen molar-refractivity contribution in [3.63, 3.8) is 0 Å². The molecule has 0 atom stereocenters. The molecule has 0 bridgehead atoms. The lowest BCUT2D eigenvalue weighted by Gasteiger charge is -1.84. The van der Waals surface area contributed by atoms with Gasteiger partial charge in [0.2, 0.25) is 0 Å². The first-order valence-corrected chi connectivity index (χ1v) is 2.66. The smallest absolute Gasteiger partial charge is 0.0931 e. The van der Waals surface area contributed by atoms with Crippen LogP contribution in [0.15, 0.2) is 19.5 Å². The molecule has 0 spiro atoms. The summed E-state index contributed by atoms with van der Waals surface area (Å²) < 4.78 is 0. The highest BCUT2D eigenvalue weighted by Crippen LogP contribution is 2.03. The lowest BCUT2D eigenvalue weighted by atomic mass is 10.3. The predicted molar refractivity (Wildman–Crippen MR) is 38.8 cm³/mol. The fraction of sp³-hybridized carbons (Fsp3) is 0. The molecular weight excluding hydrogens is 112 g/mol. The van der Waals surface area contributed by atoms with Crippen LogP contribution >= 0.6 is 0 Å². The van der Waals surface area contributed by atoms with Crippen LogP contribution < -0.4 is 0 Å². The van der Waals surface area contributed by atoms with Crippen molar-refractivity contribution in [2.24, 2.45) is 0 Å². The molecule has 1 N–H and O–H groups in total. The van der Waals surface area contributed by atoms with E-state index in [-0.39, 0.29) is 0 Å². The molecule has 9 heavy (non-hydrogen) atoms. The summed E-state index contributed by atoms with van der Waals surface area (Å²) in [5.41, 5.74) is 1.77. The molecular formula is C7H8N2. The number of nitrogens with zero attached hydrogens (tertiary/aromatic N) is 1. The van der Waals surface area contributed by atoms with E-state index in [0.29, 0.717) is 0 Å². The molecule has 1 rings (SSSR count). The Kier molecular flexibility index (Phi) is 1.49. The van der Waals surface area contributed by atoms with Crippen LogP contribution in [0.3, 0.4) is 0 Å². The van der Waals surface area contributed by atoms with Gasteiger partial charge in [0, 0.05) is 0 Å². The van der Waals surface area contributed by atoms with Gasteiger partial charge < -0.3 is 4.98 Å². The number of nitrogens with one attached hydrogen (secondary N) is 1. The van der Waals surface area contributed by atoms with Gasteiger partial charge >= 0.3 is 0 Å². The van der Waals surface area contributed by atoms with Crippen LogP contribution in [-0.2, 0) is 0 Å². The Hall–Kier alpha value is -1.31. The van der Waals surface area contributed by atoms with Crippen molar-refractivity contribution < 1.29 is 0 Å². The molecule has 1 heterocycles. The van der Waals surface area contributed by atoms with Crippen molar-refractivity contribution >= 4 is 12.2 Å². The second kappa shape index (κ2) is 2.31. The first-order chi connectivity index (χ1) is 4.38. The summed E-state index contributed by atoms with van der Waals surface area (Å²) in [6, 6.07) is 0. The van der Waals surface area contributed by atoms with Crippen molar-refractivity contribution in [3.8, 4) is 0 Å². The third-order valence-electron chi connectivity index (χ3n) is 1.10. The summed E-state index contributed by atoms with van der Waals surface area (Å²) in [6.45, 7) is 7.17. The average molecular weight is 120 g/mol. The molecule has 0 aliphatic heterocycles. The van der Waals surface area contributed by atoms with Crippen LogP contribution in [0.4, 0.5) is 0 Å². The number of hydrogen-bond donors (Lipinski definition) is 1. The zero-order chi connectivity index (χ0) is 6.69. The molecule has 0 fully saturated rings. The van der Waals surface area contributed by atoms with Crippen molar-refractivity contribution in [1.29, 1.82) is 0 Å². The molecule has 2 nitrogen and oxygen atoms in total. The largest absolute Gasteiger partial charge is 0.345 e. The van der Waals surface area contributed by atoms with E-state index >= 15 is 0 Å². The molecule has 46 valence electrons. The zero-order valence-corrected chi connectivity index (χ0v) is 5.09. The molecule has 2 heteroatoms. The van der Waals surface area contributed by atoms with E-state index in [9.17, 15) is 0 Å². The fourth-order valence-corrected chi connectivity index (χ4v) is 0.641. The van der Waals surface area contributed by atoms with Crippen LogP contribution in [0.25, 0.3) is 12.2 Å². The highest BCUT2D eigenvalue weighted by atomic mass is 14.9. The highest BCUT2D eigenvalue weighted by Gasteiger charge is 1.93. The van der Waals surface area contributed by atoms with E-state index in [1.165, 1.54) is 0 Å². The molecule has 0 amide bonds. The predicted octanol–water partition coefficient (Wildman–Crippen LogP) is 1.70. The van der Waals surface area contributed by atoms with Gasteiger partial charge in [0.05, 0.1) is 17.7 Å². The number of imidazole rings is 1. The van der Waals surface area contributed by atoms with Crippen LogP contribution in [-0.4, -0.2) is 9.97 Å². The minimum absolute atomic E-state index is 0.852. The number of rotatable bonds is 2.